The standard InChI is InChI=1S/4C19H16N4O2/c1-11-2-4-14-13(6-11)8-15-19(14)23-22-18(21-15)10-20-9-12-3-5-16(24)17(25)7-12;1-11-2-4-13-8-15-19(14(13)6-11)23-22-18(21-15)10-20-9-12-3-5-16(24)17(25)7-12;1-11-3-2-4-13-14(11)8-15-19(13)23-22-18(21-15)10-20-9-12-5-6-16(24)17(25)7-12;1-11-3-2-4-13-8-14-19(18(11)13)23-22-17(21-14)10-20-9-12-5-6-15(24)16(25)7-12/h4*2-7,9,24-25H,8,10H2,1H3. The Morgan fingerprint density at radius 1 is 0.310 bits per heavy atom. The first-order valence-corrected chi connectivity index (χ1v) is 31.8. The number of fused-ring (bicyclic) bond motifs is 12. The van der Waals surface area contributed by atoms with Gasteiger partial charge >= 0.3 is 0 Å². The molecule has 0 bridgehead atoms. The lowest BCUT2D eigenvalue weighted by molar-refractivity contribution is 0.403. The van der Waals surface area contributed by atoms with E-state index in [9.17, 15) is 40.9 Å². The van der Waals surface area contributed by atoms with E-state index >= 15 is 0 Å². The van der Waals surface area contributed by atoms with Gasteiger partial charge in [-0.15, -0.1) is 40.8 Å². The van der Waals surface area contributed by atoms with Crippen molar-refractivity contribution < 1.29 is 40.9 Å². The van der Waals surface area contributed by atoms with Crippen LogP contribution in [0.3, 0.4) is 0 Å². The number of aliphatic imine (C=N–C) groups is 4. The molecule has 0 radical (unpaired) electrons. The van der Waals surface area contributed by atoms with Crippen LogP contribution in [0.2, 0.25) is 0 Å². The smallest absolute Gasteiger partial charge is 0.172 e. The summed E-state index contributed by atoms with van der Waals surface area (Å²) in [5.41, 5.74) is 24.2. The van der Waals surface area contributed by atoms with Gasteiger partial charge in [0.25, 0.3) is 0 Å². The van der Waals surface area contributed by atoms with Crippen LogP contribution in [0.25, 0.3) is 45.0 Å². The molecular weight excluding hydrogens is 1260 g/mol. The number of aryl methyl sites for hydroxylation is 4. The van der Waals surface area contributed by atoms with Crippen LogP contribution in [0, 0.1) is 27.7 Å². The zero-order valence-corrected chi connectivity index (χ0v) is 54.6. The van der Waals surface area contributed by atoms with Crippen molar-refractivity contribution in [3.8, 4) is 91.0 Å². The van der Waals surface area contributed by atoms with Gasteiger partial charge in [-0.2, -0.15) is 0 Å². The Balaban J connectivity index is 0.000000119. The molecule has 8 aromatic carbocycles. The van der Waals surface area contributed by atoms with Crippen LogP contribution in [0.1, 0.15) is 113 Å². The fourth-order valence-electron chi connectivity index (χ4n) is 11.8. The first kappa shape index (κ1) is 65.5. The minimum absolute atomic E-state index is 0.154. The molecule has 0 spiro atoms. The van der Waals surface area contributed by atoms with Gasteiger partial charge in [-0.25, -0.2) is 19.9 Å². The fourth-order valence-corrected chi connectivity index (χ4v) is 11.8. The minimum atomic E-state index is -0.174. The van der Waals surface area contributed by atoms with E-state index in [1.54, 1.807) is 49.1 Å². The van der Waals surface area contributed by atoms with E-state index < -0.39 is 0 Å². The summed E-state index contributed by atoms with van der Waals surface area (Å²) in [6.45, 7) is 9.51. The third kappa shape index (κ3) is 14.8. The lowest BCUT2D eigenvalue weighted by Gasteiger charge is -2.03. The Morgan fingerprint density at radius 3 is 1.17 bits per heavy atom. The molecule has 0 aliphatic heterocycles. The Morgan fingerprint density at radius 2 is 0.690 bits per heavy atom. The van der Waals surface area contributed by atoms with Gasteiger partial charge in [-0.3, -0.25) is 20.0 Å². The number of phenolic OH excluding ortho intramolecular Hbond substituents is 8. The van der Waals surface area contributed by atoms with Gasteiger partial charge in [-0.1, -0.05) is 77.9 Å². The molecule has 4 aliphatic rings. The summed E-state index contributed by atoms with van der Waals surface area (Å²) < 4.78 is 0. The number of hydrogen-bond donors (Lipinski definition) is 8. The van der Waals surface area contributed by atoms with E-state index in [0.29, 0.717) is 71.7 Å². The largest absolute Gasteiger partial charge is 0.504 e. The van der Waals surface area contributed by atoms with Crippen molar-refractivity contribution in [3.05, 3.63) is 258 Å². The molecule has 496 valence electrons. The predicted molar refractivity (Wildman–Crippen MR) is 376 cm³/mol. The SMILES string of the molecule is Cc1ccc2c(c1)-c1nnc(CN=Cc3ccc(O)c(O)c3)nc1C2.Cc1ccc2c(c1)Cc1nc(CN=Cc3ccc(O)c(O)c3)nnc1-2.Cc1cccc2c1-c1nnc(CN=Cc3ccc(O)c(O)c3)nc1C2.Cc1cccc2c1Cc1nc(CN=Cc3ccc(O)c(O)c3)nnc1-2. The average molecular weight is 1330 g/mol. The predicted octanol–water partition coefficient (Wildman–Crippen LogP) is 11.1. The number of benzene rings is 8. The second-order valence-electron chi connectivity index (χ2n) is 24.2. The highest BCUT2D eigenvalue weighted by Crippen LogP contribution is 2.39. The van der Waals surface area contributed by atoms with Crippen LogP contribution in [0.5, 0.6) is 46.0 Å². The van der Waals surface area contributed by atoms with Crippen molar-refractivity contribution >= 4 is 24.9 Å². The molecule has 100 heavy (non-hydrogen) atoms. The third-order valence-electron chi connectivity index (χ3n) is 16.8. The van der Waals surface area contributed by atoms with Gasteiger partial charge in [-0.05, 0) is 162 Å². The zero-order valence-electron chi connectivity index (χ0n) is 54.6. The Bertz CT molecular complexity index is 5290. The second kappa shape index (κ2) is 28.7. The summed E-state index contributed by atoms with van der Waals surface area (Å²) in [4.78, 5) is 35.5. The van der Waals surface area contributed by atoms with E-state index in [1.165, 1.54) is 93.0 Å². The molecule has 0 atom stereocenters. The maximum Gasteiger partial charge on any atom is 0.172 e. The van der Waals surface area contributed by atoms with Crippen molar-refractivity contribution in [1.29, 1.82) is 0 Å². The summed E-state index contributed by atoms with van der Waals surface area (Å²) in [5, 5.41) is 109. The molecule has 0 saturated carbocycles. The first-order chi connectivity index (χ1) is 48.4. The fraction of sp³-hybridized carbons (Fsp3) is 0.158. The molecule has 0 saturated heterocycles. The van der Waals surface area contributed by atoms with Crippen molar-refractivity contribution in [3.63, 3.8) is 0 Å². The quantitative estimate of drug-likeness (QED) is 0.0416. The molecule has 16 rings (SSSR count). The van der Waals surface area contributed by atoms with E-state index in [2.05, 4.69) is 169 Å². The number of aromatic nitrogens is 12. The van der Waals surface area contributed by atoms with Crippen molar-refractivity contribution in [1.82, 2.24) is 60.7 Å². The summed E-state index contributed by atoms with van der Waals surface area (Å²) in [5.74, 6) is 0.921. The van der Waals surface area contributed by atoms with E-state index in [4.69, 9.17) is 0 Å². The first-order valence-electron chi connectivity index (χ1n) is 31.8. The number of nitrogens with zero attached hydrogens (tertiary/aromatic N) is 16. The maximum absolute atomic E-state index is 9.48. The van der Waals surface area contributed by atoms with Crippen LogP contribution >= 0.6 is 0 Å². The minimum Gasteiger partial charge on any atom is -0.504 e. The lowest BCUT2D eigenvalue weighted by atomic mass is 10.0. The molecule has 4 aliphatic carbocycles. The van der Waals surface area contributed by atoms with E-state index in [1.807, 2.05) is 12.1 Å². The molecule has 0 amide bonds. The highest BCUT2D eigenvalue weighted by atomic mass is 16.3. The summed E-state index contributed by atoms with van der Waals surface area (Å²) in [6, 6.07) is 43.1. The van der Waals surface area contributed by atoms with Gasteiger partial charge in [0.1, 0.15) is 49.0 Å². The van der Waals surface area contributed by atoms with Crippen LogP contribution in [0.15, 0.2) is 166 Å². The molecule has 24 heteroatoms. The lowest BCUT2D eigenvalue weighted by Crippen LogP contribution is -2.01. The number of aromatic hydroxyl groups is 8. The van der Waals surface area contributed by atoms with Crippen molar-refractivity contribution in [2.45, 2.75) is 79.6 Å². The highest BCUT2D eigenvalue weighted by Gasteiger charge is 2.27. The topological polar surface area (TPSA) is 366 Å². The number of phenols is 8. The van der Waals surface area contributed by atoms with E-state index in [0.717, 1.165) is 93.5 Å². The van der Waals surface area contributed by atoms with Gasteiger partial charge in [0, 0.05) is 72.8 Å². The van der Waals surface area contributed by atoms with E-state index in [-0.39, 0.29) is 46.0 Å². The molecule has 12 aromatic rings. The van der Waals surface area contributed by atoms with Gasteiger partial charge < -0.3 is 40.9 Å². The van der Waals surface area contributed by atoms with Gasteiger partial charge in [0.2, 0.25) is 0 Å². The van der Waals surface area contributed by atoms with Crippen LogP contribution < -0.4 is 0 Å². The van der Waals surface area contributed by atoms with Crippen LogP contribution in [0.4, 0.5) is 0 Å². The normalized spacial score (nSPS) is 12.4. The second-order valence-corrected chi connectivity index (χ2v) is 24.2. The Labute approximate surface area is 572 Å². The molecule has 4 heterocycles. The number of hydrogen-bond acceptors (Lipinski definition) is 24. The van der Waals surface area contributed by atoms with Crippen LogP contribution in [-0.4, -0.2) is 126 Å². The van der Waals surface area contributed by atoms with Gasteiger partial charge in [0.05, 0.1) is 22.8 Å². The number of rotatable bonds is 12. The Hall–Kier alpha value is -13.1. The molecule has 4 aromatic heterocycles. The molecular formula is C76H64N16O8. The summed E-state index contributed by atoms with van der Waals surface area (Å²) in [6.07, 6.45) is 9.50. The molecule has 8 N–H and O–H groups in total. The molecule has 0 fully saturated rings. The third-order valence-corrected chi connectivity index (χ3v) is 16.8. The summed E-state index contributed by atoms with van der Waals surface area (Å²) >= 11 is 0. The Kier molecular flexibility index (Phi) is 18.8. The molecule has 24 nitrogen and oxygen atoms in total. The average Bonchev–Trinajstić information content (AvgIpc) is 1.64. The zero-order chi connectivity index (χ0) is 69.6. The van der Waals surface area contributed by atoms with Crippen molar-refractivity contribution in [2.24, 2.45) is 20.0 Å². The monoisotopic (exact) mass is 1330 g/mol. The maximum atomic E-state index is 9.48. The molecule has 0 unspecified atom stereocenters. The van der Waals surface area contributed by atoms with Crippen LogP contribution in [-0.2, 0) is 51.9 Å². The van der Waals surface area contributed by atoms with Gasteiger partial charge in [0.15, 0.2) is 69.3 Å². The summed E-state index contributed by atoms with van der Waals surface area (Å²) in [7, 11) is 0. The van der Waals surface area contributed by atoms with Crippen molar-refractivity contribution in [2.75, 3.05) is 0 Å². The highest BCUT2D eigenvalue weighted by molar-refractivity contribution is 5.83.